The van der Waals surface area contributed by atoms with E-state index >= 15 is 0 Å². The van der Waals surface area contributed by atoms with Crippen LogP contribution in [0.5, 0.6) is 5.75 Å². The second-order valence-corrected chi connectivity index (χ2v) is 4.37. The van der Waals surface area contributed by atoms with Crippen molar-refractivity contribution in [2.24, 2.45) is 7.05 Å². The second kappa shape index (κ2) is 4.12. The van der Waals surface area contributed by atoms with Crippen molar-refractivity contribution in [3.8, 4) is 5.75 Å². The molecule has 0 N–H and O–H groups in total. The summed E-state index contributed by atoms with van der Waals surface area (Å²) in [7, 11) is 1.79. The number of esters is 1. The number of rotatable bonds is 2. The van der Waals surface area contributed by atoms with Gasteiger partial charge in [0.25, 0.3) is 6.10 Å². The van der Waals surface area contributed by atoms with E-state index in [2.05, 4.69) is 0 Å². The quantitative estimate of drug-likeness (QED) is 0.608. The zero-order valence-electron chi connectivity index (χ0n) is 10.7. The molecule has 1 unspecified atom stereocenters. The zero-order chi connectivity index (χ0) is 13.6. The Kier molecular flexibility index (Phi) is 2.55. The SMILES string of the molecule is CCOC(=O)C1Oc2c(n(C)c3ccccc23)C1=O. The molecule has 5 nitrogen and oxygen atoms in total. The van der Waals surface area contributed by atoms with E-state index in [0.717, 1.165) is 10.9 Å². The lowest BCUT2D eigenvalue weighted by atomic mass is 10.2. The van der Waals surface area contributed by atoms with Crippen LogP contribution in [0.1, 0.15) is 17.4 Å². The van der Waals surface area contributed by atoms with E-state index < -0.39 is 12.1 Å². The monoisotopic (exact) mass is 259 g/mol. The van der Waals surface area contributed by atoms with Gasteiger partial charge in [-0.05, 0) is 19.1 Å². The van der Waals surface area contributed by atoms with Gasteiger partial charge in [0, 0.05) is 12.4 Å². The molecule has 2 heterocycles. The van der Waals surface area contributed by atoms with Crippen molar-refractivity contribution in [3.63, 3.8) is 0 Å². The molecule has 0 saturated carbocycles. The van der Waals surface area contributed by atoms with Gasteiger partial charge < -0.3 is 14.0 Å². The number of hydrogen-bond acceptors (Lipinski definition) is 4. The van der Waals surface area contributed by atoms with Gasteiger partial charge in [-0.1, -0.05) is 12.1 Å². The highest BCUT2D eigenvalue weighted by atomic mass is 16.6. The molecule has 1 aromatic heterocycles. The van der Waals surface area contributed by atoms with Crippen LogP contribution in [0.25, 0.3) is 10.9 Å². The minimum atomic E-state index is -1.17. The number of para-hydroxylation sites is 1. The first-order chi connectivity index (χ1) is 9.15. The van der Waals surface area contributed by atoms with Crippen molar-refractivity contribution in [2.45, 2.75) is 13.0 Å². The predicted octanol–water partition coefficient (Wildman–Crippen LogP) is 1.69. The third-order valence-electron chi connectivity index (χ3n) is 3.27. The Balaban J connectivity index is 2.10. The Bertz CT molecular complexity index is 686. The van der Waals surface area contributed by atoms with Gasteiger partial charge in [0.2, 0.25) is 5.78 Å². The van der Waals surface area contributed by atoms with E-state index in [1.165, 1.54) is 0 Å². The summed E-state index contributed by atoms with van der Waals surface area (Å²) in [6.45, 7) is 1.92. The molecule has 0 radical (unpaired) electrons. The Morgan fingerprint density at radius 3 is 2.89 bits per heavy atom. The third-order valence-corrected chi connectivity index (χ3v) is 3.27. The van der Waals surface area contributed by atoms with Gasteiger partial charge in [0.15, 0.2) is 5.75 Å². The summed E-state index contributed by atoms with van der Waals surface area (Å²) >= 11 is 0. The highest BCUT2D eigenvalue weighted by Crippen LogP contribution is 2.38. The van der Waals surface area contributed by atoms with Gasteiger partial charge in [-0.25, -0.2) is 4.79 Å². The van der Waals surface area contributed by atoms with Crippen molar-refractivity contribution in [1.82, 2.24) is 4.57 Å². The highest BCUT2D eigenvalue weighted by Gasteiger charge is 2.42. The molecule has 1 aromatic carbocycles. The minimum absolute atomic E-state index is 0.225. The topological polar surface area (TPSA) is 57.5 Å². The van der Waals surface area contributed by atoms with Crippen molar-refractivity contribution in [2.75, 3.05) is 6.61 Å². The Hall–Kier alpha value is -2.30. The average molecular weight is 259 g/mol. The number of benzene rings is 1. The first-order valence-electron chi connectivity index (χ1n) is 6.10. The maximum absolute atomic E-state index is 12.3. The summed E-state index contributed by atoms with van der Waals surface area (Å²) < 4.78 is 12.1. The van der Waals surface area contributed by atoms with Crippen LogP contribution in [0.3, 0.4) is 0 Å². The largest absolute Gasteiger partial charge is 0.467 e. The number of carbonyl (C=O) groups is 2. The van der Waals surface area contributed by atoms with Crippen LogP contribution in [0.4, 0.5) is 0 Å². The molecule has 19 heavy (non-hydrogen) atoms. The number of ketones is 1. The first-order valence-corrected chi connectivity index (χ1v) is 6.10. The van der Waals surface area contributed by atoms with Gasteiger partial charge in [0.1, 0.15) is 5.69 Å². The first kappa shape index (κ1) is 11.8. The summed E-state index contributed by atoms with van der Waals surface area (Å²) in [5, 5.41) is 0.833. The fourth-order valence-corrected chi connectivity index (χ4v) is 2.42. The number of Topliss-reactive ketones (excluding diaryl/α,β-unsaturated/α-hetero) is 1. The molecule has 5 heteroatoms. The molecule has 1 atom stereocenters. The number of aryl methyl sites for hydroxylation is 1. The maximum atomic E-state index is 12.3. The summed E-state index contributed by atoms with van der Waals surface area (Å²) in [5.41, 5.74) is 1.34. The number of carbonyl (C=O) groups excluding carboxylic acids is 2. The zero-order valence-corrected chi connectivity index (χ0v) is 10.7. The summed E-state index contributed by atoms with van der Waals surface area (Å²) in [6.07, 6.45) is -1.17. The molecule has 1 aliphatic heterocycles. The Morgan fingerprint density at radius 2 is 2.16 bits per heavy atom. The van der Waals surface area contributed by atoms with E-state index in [4.69, 9.17) is 9.47 Å². The van der Waals surface area contributed by atoms with Crippen LogP contribution in [0.2, 0.25) is 0 Å². The molecule has 0 aliphatic carbocycles. The number of aromatic nitrogens is 1. The molecule has 2 aromatic rings. The van der Waals surface area contributed by atoms with Gasteiger partial charge in [-0.15, -0.1) is 0 Å². The normalized spacial score (nSPS) is 17.4. The Labute approximate surface area is 109 Å². The number of fused-ring (bicyclic) bond motifs is 3. The van der Waals surface area contributed by atoms with Gasteiger partial charge >= 0.3 is 5.97 Å². The lowest BCUT2D eigenvalue weighted by Gasteiger charge is -2.09. The van der Waals surface area contributed by atoms with Gasteiger partial charge in [-0.2, -0.15) is 0 Å². The third kappa shape index (κ3) is 1.54. The molecule has 0 amide bonds. The van der Waals surface area contributed by atoms with E-state index in [0.29, 0.717) is 11.4 Å². The van der Waals surface area contributed by atoms with E-state index in [-0.39, 0.29) is 12.4 Å². The molecule has 1 aliphatic rings. The van der Waals surface area contributed by atoms with Crippen LogP contribution in [-0.2, 0) is 16.6 Å². The van der Waals surface area contributed by atoms with Crippen LogP contribution in [0.15, 0.2) is 24.3 Å². The van der Waals surface area contributed by atoms with Crippen LogP contribution in [0, 0.1) is 0 Å². The average Bonchev–Trinajstić information content (AvgIpc) is 2.89. The minimum Gasteiger partial charge on any atom is -0.467 e. The van der Waals surface area contributed by atoms with Crippen LogP contribution >= 0.6 is 0 Å². The molecule has 0 fully saturated rings. The second-order valence-electron chi connectivity index (χ2n) is 4.37. The van der Waals surface area contributed by atoms with E-state index in [9.17, 15) is 9.59 Å². The standard InChI is InChI=1S/C14H13NO4/c1-3-18-14(17)13-11(16)10-12(19-13)8-6-4-5-7-9(8)15(10)2/h4-7,13H,3H2,1-2H3. The van der Waals surface area contributed by atoms with E-state index in [1.54, 1.807) is 18.5 Å². The number of ether oxygens (including phenoxy) is 2. The van der Waals surface area contributed by atoms with E-state index in [1.807, 2.05) is 24.3 Å². The summed E-state index contributed by atoms with van der Waals surface area (Å²) in [6, 6.07) is 7.54. The molecular weight excluding hydrogens is 246 g/mol. The molecule has 0 saturated heterocycles. The van der Waals surface area contributed by atoms with Gasteiger partial charge in [-0.3, -0.25) is 4.79 Å². The fourth-order valence-electron chi connectivity index (χ4n) is 2.42. The number of hydrogen-bond donors (Lipinski definition) is 0. The lowest BCUT2D eigenvalue weighted by Crippen LogP contribution is -2.33. The summed E-state index contributed by atoms with van der Waals surface area (Å²) in [5.74, 6) is -0.499. The Morgan fingerprint density at radius 1 is 1.42 bits per heavy atom. The van der Waals surface area contributed by atoms with Crippen molar-refractivity contribution < 1.29 is 19.1 Å². The summed E-state index contributed by atoms with van der Waals surface area (Å²) in [4.78, 5) is 23.9. The molecule has 0 spiro atoms. The maximum Gasteiger partial charge on any atom is 0.355 e. The van der Waals surface area contributed by atoms with Crippen molar-refractivity contribution in [1.29, 1.82) is 0 Å². The fraction of sp³-hybridized carbons (Fsp3) is 0.286. The molecule has 98 valence electrons. The van der Waals surface area contributed by atoms with Gasteiger partial charge in [0.05, 0.1) is 12.1 Å². The molecule has 0 bridgehead atoms. The van der Waals surface area contributed by atoms with Crippen LogP contribution < -0.4 is 4.74 Å². The van der Waals surface area contributed by atoms with Crippen LogP contribution in [-0.4, -0.2) is 29.0 Å². The molecular formula is C14H13NO4. The number of nitrogens with zero attached hydrogens (tertiary/aromatic N) is 1. The predicted molar refractivity (Wildman–Crippen MR) is 68.3 cm³/mol. The highest BCUT2D eigenvalue weighted by molar-refractivity contribution is 6.17. The smallest absolute Gasteiger partial charge is 0.355 e. The van der Waals surface area contributed by atoms with Crippen molar-refractivity contribution in [3.05, 3.63) is 30.0 Å². The molecule has 3 rings (SSSR count). The lowest BCUT2D eigenvalue weighted by molar-refractivity contribution is -0.148. The van der Waals surface area contributed by atoms with Crippen molar-refractivity contribution >= 4 is 22.7 Å².